The average Bonchev–Trinajstić information content (AvgIpc) is 3.32. The van der Waals surface area contributed by atoms with Gasteiger partial charge >= 0.3 is 12.1 Å². The molecule has 0 bridgehead atoms. The highest BCUT2D eigenvalue weighted by Gasteiger charge is 2.45. The summed E-state index contributed by atoms with van der Waals surface area (Å²) in [7, 11) is 0. The lowest BCUT2D eigenvalue weighted by Crippen LogP contribution is -2.41. The highest BCUT2D eigenvalue weighted by atomic mass is 19.4. The van der Waals surface area contributed by atoms with E-state index >= 15 is 0 Å². The Balaban J connectivity index is 1.33. The zero-order chi connectivity index (χ0) is 28.7. The molecule has 2 aliphatic rings. The van der Waals surface area contributed by atoms with Gasteiger partial charge in [0, 0.05) is 31.3 Å². The number of nitrogens with two attached hydrogens (primary N) is 1. The number of halogens is 3. The van der Waals surface area contributed by atoms with Gasteiger partial charge in [0.25, 0.3) is 0 Å². The van der Waals surface area contributed by atoms with Crippen molar-refractivity contribution in [2.24, 2.45) is 5.41 Å². The number of hydrogen-bond acceptors (Lipinski definition) is 7. The fraction of sp³-hybridized carbons (Fsp3) is 0.414. The van der Waals surface area contributed by atoms with E-state index in [1.165, 1.54) is 18.2 Å². The molecule has 2 aromatic carbocycles. The minimum Gasteiger partial charge on any atom is -0.480 e. The molecular weight excluding hydrogens is 523 g/mol. The van der Waals surface area contributed by atoms with Crippen LogP contribution in [0.15, 0.2) is 48.5 Å². The summed E-state index contributed by atoms with van der Waals surface area (Å²) in [6.45, 7) is 5.67. The number of hydrogen-bond donors (Lipinski definition) is 3. The summed E-state index contributed by atoms with van der Waals surface area (Å²) in [5.41, 5.74) is 9.57. The van der Waals surface area contributed by atoms with E-state index in [4.69, 9.17) is 10.5 Å². The molecule has 0 saturated carbocycles. The van der Waals surface area contributed by atoms with Gasteiger partial charge in [-0.1, -0.05) is 48.0 Å². The molecule has 3 heterocycles. The second kappa shape index (κ2) is 10.6. The van der Waals surface area contributed by atoms with Gasteiger partial charge in [0.2, 0.25) is 17.9 Å². The molecule has 0 amide bonds. The number of nitrogens with one attached hydrogen (secondary N) is 1. The SMILES string of the molecule is Cc1ccc(C)c(-c2ccc([C@@H](Oc3cc(N4CCC5(CC4)CNC(C(=O)O)C5)nc(N)n3)C(F)(F)F)cc2)c1. The van der Waals surface area contributed by atoms with Gasteiger partial charge in [-0.3, -0.25) is 4.79 Å². The van der Waals surface area contributed by atoms with Gasteiger partial charge < -0.3 is 25.8 Å². The predicted molar refractivity (Wildman–Crippen MR) is 145 cm³/mol. The molecule has 2 fully saturated rings. The molecule has 2 atom stereocenters. The summed E-state index contributed by atoms with van der Waals surface area (Å²) in [5.74, 6) is -0.933. The standard InChI is InChI=1S/C29H32F3N5O3/c1-17-3-4-18(2)21(13-17)19-5-7-20(8-6-19)25(29(30,31)32)40-24-14-23(35-27(33)36-24)37-11-9-28(10-12-37)15-22(26(38)39)34-16-28/h3-8,13-14,22,25,34H,9-12,15-16H2,1-2H3,(H,38,39)(H2,33,35,36)/t22?,25-/m1/s1. The van der Waals surface area contributed by atoms with E-state index in [1.807, 2.05) is 36.9 Å². The first-order valence-corrected chi connectivity index (χ1v) is 13.2. The number of rotatable bonds is 6. The number of piperidine rings is 1. The van der Waals surface area contributed by atoms with Gasteiger partial charge in [-0.25, -0.2) is 0 Å². The first-order valence-electron chi connectivity index (χ1n) is 13.2. The van der Waals surface area contributed by atoms with Crippen LogP contribution in [-0.4, -0.2) is 52.9 Å². The van der Waals surface area contributed by atoms with Gasteiger partial charge in [0.1, 0.15) is 11.9 Å². The number of nitrogens with zero attached hydrogens (tertiary/aromatic N) is 3. The Labute approximate surface area is 230 Å². The van der Waals surface area contributed by atoms with Crippen LogP contribution in [0.1, 0.15) is 42.1 Å². The molecular formula is C29H32F3N5O3. The smallest absolute Gasteiger partial charge is 0.429 e. The maximum atomic E-state index is 14.2. The van der Waals surface area contributed by atoms with Gasteiger partial charge in [-0.05, 0) is 55.2 Å². The van der Waals surface area contributed by atoms with Crippen molar-refractivity contribution >= 4 is 17.7 Å². The average molecular weight is 556 g/mol. The van der Waals surface area contributed by atoms with Crippen LogP contribution in [0.4, 0.5) is 24.9 Å². The third-order valence-electron chi connectivity index (χ3n) is 7.97. The number of carboxylic acids is 1. The fourth-order valence-corrected chi connectivity index (χ4v) is 5.66. The molecule has 1 unspecified atom stereocenters. The molecule has 3 aromatic rings. The lowest BCUT2D eigenvalue weighted by molar-refractivity contribution is -0.198. The number of aliphatic carboxylic acids is 1. The van der Waals surface area contributed by atoms with Crippen LogP contribution < -0.4 is 20.7 Å². The van der Waals surface area contributed by atoms with Crippen molar-refractivity contribution in [3.8, 4) is 17.0 Å². The molecule has 8 nitrogen and oxygen atoms in total. The molecule has 0 aliphatic carbocycles. The highest BCUT2D eigenvalue weighted by Crippen LogP contribution is 2.41. The van der Waals surface area contributed by atoms with E-state index in [-0.39, 0.29) is 22.8 Å². The van der Waals surface area contributed by atoms with Gasteiger partial charge in [-0.15, -0.1) is 0 Å². The van der Waals surface area contributed by atoms with Crippen LogP contribution >= 0.6 is 0 Å². The van der Waals surface area contributed by atoms with Crippen molar-refractivity contribution in [1.82, 2.24) is 15.3 Å². The Morgan fingerprint density at radius 1 is 1.12 bits per heavy atom. The zero-order valence-corrected chi connectivity index (χ0v) is 22.3. The first kappa shape index (κ1) is 27.7. The number of benzene rings is 2. The minimum absolute atomic E-state index is 0.0538. The lowest BCUT2D eigenvalue weighted by atomic mass is 9.76. The van der Waals surface area contributed by atoms with Crippen LogP contribution in [-0.2, 0) is 4.79 Å². The summed E-state index contributed by atoms with van der Waals surface area (Å²) in [5, 5.41) is 12.4. The number of ether oxygens (including phenoxy) is 1. The van der Waals surface area contributed by atoms with Crippen molar-refractivity contribution in [2.75, 3.05) is 30.3 Å². The summed E-state index contributed by atoms with van der Waals surface area (Å²) >= 11 is 0. The molecule has 0 radical (unpaired) electrons. The fourth-order valence-electron chi connectivity index (χ4n) is 5.66. The molecule has 40 heavy (non-hydrogen) atoms. The van der Waals surface area contributed by atoms with Crippen molar-refractivity contribution < 1.29 is 27.8 Å². The molecule has 5 rings (SSSR count). The van der Waals surface area contributed by atoms with Gasteiger partial charge in [0.05, 0.1) is 0 Å². The van der Waals surface area contributed by atoms with Crippen LogP contribution in [0.3, 0.4) is 0 Å². The molecule has 11 heteroatoms. The zero-order valence-electron chi connectivity index (χ0n) is 22.3. The summed E-state index contributed by atoms with van der Waals surface area (Å²) in [6, 6.07) is 13.0. The molecule has 1 spiro atoms. The van der Waals surface area contributed by atoms with Crippen LogP contribution in [0, 0.1) is 19.3 Å². The van der Waals surface area contributed by atoms with E-state index in [1.54, 1.807) is 12.1 Å². The van der Waals surface area contributed by atoms with E-state index < -0.39 is 24.3 Å². The van der Waals surface area contributed by atoms with Gasteiger partial charge in [-0.2, -0.15) is 23.1 Å². The first-order chi connectivity index (χ1) is 18.9. The van der Waals surface area contributed by atoms with Crippen molar-refractivity contribution in [1.29, 1.82) is 0 Å². The van der Waals surface area contributed by atoms with Gasteiger partial charge in [0.15, 0.2) is 0 Å². The summed E-state index contributed by atoms with van der Waals surface area (Å²) in [4.78, 5) is 21.5. The summed E-state index contributed by atoms with van der Waals surface area (Å²) in [6.07, 6.45) is -4.95. The van der Waals surface area contributed by atoms with Crippen LogP contribution in [0.25, 0.3) is 11.1 Å². The lowest BCUT2D eigenvalue weighted by Gasteiger charge is -2.39. The van der Waals surface area contributed by atoms with Crippen molar-refractivity contribution in [3.05, 3.63) is 65.2 Å². The Morgan fingerprint density at radius 2 is 1.82 bits per heavy atom. The Hall–Kier alpha value is -3.86. The molecule has 2 saturated heterocycles. The second-order valence-electron chi connectivity index (χ2n) is 10.9. The largest absolute Gasteiger partial charge is 0.480 e. The Morgan fingerprint density at radius 3 is 2.45 bits per heavy atom. The normalized spacial score (nSPS) is 19.5. The minimum atomic E-state index is -4.70. The third-order valence-corrected chi connectivity index (χ3v) is 7.97. The number of anilines is 2. The number of aryl methyl sites for hydroxylation is 2. The molecule has 212 valence electrons. The monoisotopic (exact) mass is 555 g/mol. The molecule has 1 aromatic heterocycles. The van der Waals surface area contributed by atoms with E-state index in [0.29, 0.717) is 31.9 Å². The number of carbonyl (C=O) groups is 1. The molecule has 4 N–H and O–H groups in total. The maximum absolute atomic E-state index is 14.2. The summed E-state index contributed by atoms with van der Waals surface area (Å²) < 4.78 is 48.0. The topological polar surface area (TPSA) is 114 Å². The van der Waals surface area contributed by atoms with E-state index in [9.17, 15) is 23.1 Å². The number of alkyl halides is 3. The van der Waals surface area contributed by atoms with E-state index in [2.05, 4.69) is 15.3 Å². The predicted octanol–water partition coefficient (Wildman–Crippen LogP) is 5.06. The highest BCUT2D eigenvalue weighted by molar-refractivity contribution is 5.74. The maximum Gasteiger partial charge on any atom is 0.429 e. The molecule has 2 aliphatic heterocycles. The van der Waals surface area contributed by atoms with Crippen LogP contribution in [0.2, 0.25) is 0 Å². The Bertz CT molecular complexity index is 1390. The Kier molecular flexibility index (Phi) is 7.34. The van der Waals surface area contributed by atoms with Crippen LogP contribution in [0.5, 0.6) is 5.88 Å². The number of carboxylic acid groups (broad SMARTS) is 1. The number of aromatic nitrogens is 2. The van der Waals surface area contributed by atoms with Crippen molar-refractivity contribution in [3.63, 3.8) is 0 Å². The third kappa shape index (κ3) is 5.84. The van der Waals surface area contributed by atoms with Crippen molar-refractivity contribution in [2.45, 2.75) is 51.4 Å². The number of nitrogen functional groups attached to an aromatic ring is 1. The quantitative estimate of drug-likeness (QED) is 0.387. The second-order valence-corrected chi connectivity index (χ2v) is 10.9. The van der Waals surface area contributed by atoms with E-state index in [0.717, 1.165) is 35.1 Å².